The number of hydrogen-bond donors (Lipinski definition) is 0. The lowest BCUT2D eigenvalue weighted by Gasteiger charge is -2.15. The summed E-state index contributed by atoms with van der Waals surface area (Å²) in [7, 11) is 0. The van der Waals surface area contributed by atoms with E-state index >= 15 is 0 Å². The Bertz CT molecular complexity index is 891. The second kappa shape index (κ2) is 7.74. The number of alkyl halides is 3. The average molecular weight is 409 g/mol. The van der Waals surface area contributed by atoms with E-state index < -0.39 is 11.7 Å². The summed E-state index contributed by atoms with van der Waals surface area (Å²) in [5.74, 6) is 0.376. The van der Waals surface area contributed by atoms with Gasteiger partial charge in [0.25, 0.3) is 5.91 Å². The van der Waals surface area contributed by atoms with Crippen molar-refractivity contribution in [2.45, 2.75) is 13.1 Å². The largest absolute Gasteiger partial charge is 0.494 e. The van der Waals surface area contributed by atoms with E-state index in [2.05, 4.69) is 0 Å². The molecule has 0 N–H and O–H groups in total. The van der Waals surface area contributed by atoms with Crippen LogP contribution in [0.2, 0.25) is 0 Å². The van der Waals surface area contributed by atoms with Gasteiger partial charge in [0.05, 0.1) is 22.8 Å². The van der Waals surface area contributed by atoms with Crippen LogP contribution in [0.1, 0.15) is 18.1 Å². The maximum Gasteiger partial charge on any atom is 0.416 e. The van der Waals surface area contributed by atoms with Crippen LogP contribution < -0.4 is 9.64 Å². The second-order valence-corrected chi connectivity index (χ2v) is 7.24. The van der Waals surface area contributed by atoms with Crippen LogP contribution >= 0.6 is 24.0 Å². The second-order valence-electron chi connectivity index (χ2n) is 5.56. The quantitative estimate of drug-likeness (QED) is 0.492. The minimum absolute atomic E-state index is 0.311. The van der Waals surface area contributed by atoms with Gasteiger partial charge in [-0.2, -0.15) is 13.2 Å². The van der Waals surface area contributed by atoms with Crippen LogP contribution in [0, 0.1) is 0 Å². The summed E-state index contributed by atoms with van der Waals surface area (Å²) in [6.07, 6.45) is -2.86. The average Bonchev–Trinajstić information content (AvgIpc) is 2.89. The first-order chi connectivity index (χ1) is 12.8. The van der Waals surface area contributed by atoms with Crippen molar-refractivity contribution in [2.24, 2.45) is 0 Å². The number of benzene rings is 2. The lowest BCUT2D eigenvalue weighted by molar-refractivity contribution is -0.137. The molecule has 0 bridgehead atoms. The van der Waals surface area contributed by atoms with Gasteiger partial charge >= 0.3 is 6.18 Å². The fourth-order valence-corrected chi connectivity index (χ4v) is 3.77. The van der Waals surface area contributed by atoms with Gasteiger partial charge in [0, 0.05) is 0 Å². The molecular weight excluding hydrogens is 395 g/mol. The third-order valence-electron chi connectivity index (χ3n) is 3.74. The molecule has 27 heavy (non-hydrogen) atoms. The number of anilines is 1. The van der Waals surface area contributed by atoms with Gasteiger partial charge in [0.15, 0.2) is 4.32 Å². The van der Waals surface area contributed by atoms with Crippen LogP contribution in [0.15, 0.2) is 53.4 Å². The van der Waals surface area contributed by atoms with Crippen molar-refractivity contribution in [1.82, 2.24) is 0 Å². The normalized spacial score (nSPS) is 16.3. The molecular formula is C19H14F3NO2S2. The molecule has 1 aliphatic heterocycles. The molecule has 0 unspecified atom stereocenters. The molecule has 0 aliphatic carbocycles. The van der Waals surface area contributed by atoms with E-state index in [1.54, 1.807) is 24.3 Å². The van der Waals surface area contributed by atoms with Crippen molar-refractivity contribution >= 4 is 46.0 Å². The van der Waals surface area contributed by atoms with Crippen molar-refractivity contribution in [1.29, 1.82) is 0 Å². The molecule has 0 atom stereocenters. The molecule has 0 radical (unpaired) electrons. The van der Waals surface area contributed by atoms with Crippen LogP contribution in [0.3, 0.4) is 0 Å². The zero-order valence-electron chi connectivity index (χ0n) is 14.1. The molecule has 2 aromatic rings. The maximum absolute atomic E-state index is 12.7. The summed E-state index contributed by atoms with van der Waals surface area (Å²) in [6, 6.07) is 11.6. The Morgan fingerprint density at radius 3 is 2.30 bits per heavy atom. The van der Waals surface area contributed by atoms with Gasteiger partial charge < -0.3 is 4.74 Å². The summed E-state index contributed by atoms with van der Waals surface area (Å²) in [6.45, 7) is 2.41. The van der Waals surface area contributed by atoms with E-state index in [-0.39, 0.29) is 5.91 Å². The van der Waals surface area contributed by atoms with E-state index in [1.165, 1.54) is 23.1 Å². The standard InChI is InChI=1S/C19H14F3NO2S2/c1-2-25-15-9-7-14(8-10-15)23-17(24)16(27-18(23)26)11-12-3-5-13(6-4-12)19(20,21)22/h3-11H,2H2,1H3/b16-11+. The molecule has 1 fully saturated rings. The molecule has 0 aromatic heterocycles. The van der Waals surface area contributed by atoms with Crippen molar-refractivity contribution in [2.75, 3.05) is 11.5 Å². The van der Waals surface area contributed by atoms with Crippen LogP contribution in [0.25, 0.3) is 6.08 Å². The molecule has 1 heterocycles. The molecule has 1 aliphatic rings. The van der Waals surface area contributed by atoms with Gasteiger partial charge in [-0.05, 0) is 55.0 Å². The molecule has 0 spiro atoms. The molecule has 8 heteroatoms. The number of hydrogen-bond acceptors (Lipinski definition) is 4. The summed E-state index contributed by atoms with van der Waals surface area (Å²) in [5, 5.41) is 0. The Labute approximate surface area is 163 Å². The number of nitrogens with zero attached hydrogens (tertiary/aromatic N) is 1. The maximum atomic E-state index is 12.7. The van der Waals surface area contributed by atoms with Gasteiger partial charge in [0.2, 0.25) is 0 Å². The molecule has 0 saturated carbocycles. The van der Waals surface area contributed by atoms with Crippen LogP contribution in [-0.4, -0.2) is 16.8 Å². The summed E-state index contributed by atoms with van der Waals surface area (Å²) < 4.78 is 43.7. The lowest BCUT2D eigenvalue weighted by Crippen LogP contribution is -2.27. The minimum atomic E-state index is -4.39. The molecule has 140 valence electrons. The molecule has 3 rings (SSSR count). The summed E-state index contributed by atoms with van der Waals surface area (Å²) in [4.78, 5) is 14.4. The Morgan fingerprint density at radius 1 is 1.11 bits per heavy atom. The van der Waals surface area contributed by atoms with Gasteiger partial charge in [-0.3, -0.25) is 9.69 Å². The van der Waals surface area contributed by atoms with Crippen molar-refractivity contribution in [3.8, 4) is 5.75 Å². The third kappa shape index (κ3) is 4.33. The van der Waals surface area contributed by atoms with E-state index in [1.807, 2.05) is 6.92 Å². The highest BCUT2D eigenvalue weighted by Crippen LogP contribution is 2.37. The number of carbonyl (C=O) groups is 1. The van der Waals surface area contributed by atoms with Crippen molar-refractivity contribution < 1.29 is 22.7 Å². The Balaban J connectivity index is 1.82. The minimum Gasteiger partial charge on any atom is -0.494 e. The fraction of sp³-hybridized carbons (Fsp3) is 0.158. The van der Waals surface area contributed by atoms with E-state index in [0.717, 1.165) is 23.9 Å². The number of rotatable bonds is 4. The molecule has 1 saturated heterocycles. The fourth-order valence-electron chi connectivity index (χ4n) is 2.47. The third-order valence-corrected chi connectivity index (χ3v) is 5.04. The van der Waals surface area contributed by atoms with E-state index in [9.17, 15) is 18.0 Å². The Hall–Kier alpha value is -2.32. The zero-order chi connectivity index (χ0) is 19.6. The summed E-state index contributed by atoms with van der Waals surface area (Å²) >= 11 is 6.40. The zero-order valence-corrected chi connectivity index (χ0v) is 15.8. The number of thiocarbonyl (C=S) groups is 1. The first-order valence-electron chi connectivity index (χ1n) is 7.97. The van der Waals surface area contributed by atoms with Crippen LogP contribution in [0.5, 0.6) is 5.75 Å². The topological polar surface area (TPSA) is 29.5 Å². The number of carbonyl (C=O) groups excluding carboxylic acids is 1. The van der Waals surface area contributed by atoms with Gasteiger partial charge in [0.1, 0.15) is 5.75 Å². The molecule has 1 amide bonds. The SMILES string of the molecule is CCOc1ccc(N2C(=O)/C(=C\c3ccc(C(F)(F)F)cc3)SC2=S)cc1. The first kappa shape index (κ1) is 19.4. The van der Waals surface area contributed by atoms with E-state index in [4.69, 9.17) is 17.0 Å². The van der Waals surface area contributed by atoms with Crippen molar-refractivity contribution in [3.63, 3.8) is 0 Å². The van der Waals surface area contributed by atoms with Gasteiger partial charge in [-0.1, -0.05) is 36.1 Å². The van der Waals surface area contributed by atoms with Crippen LogP contribution in [-0.2, 0) is 11.0 Å². The Kier molecular flexibility index (Phi) is 5.57. The highest BCUT2D eigenvalue weighted by atomic mass is 32.2. The monoisotopic (exact) mass is 409 g/mol. The predicted molar refractivity (Wildman–Crippen MR) is 105 cm³/mol. The van der Waals surface area contributed by atoms with Gasteiger partial charge in [-0.25, -0.2) is 0 Å². The first-order valence-corrected chi connectivity index (χ1v) is 9.20. The number of amides is 1. The predicted octanol–water partition coefficient (Wildman–Crippen LogP) is 5.51. The smallest absolute Gasteiger partial charge is 0.416 e. The van der Waals surface area contributed by atoms with Gasteiger partial charge in [-0.15, -0.1) is 0 Å². The molecule has 2 aromatic carbocycles. The molecule has 3 nitrogen and oxygen atoms in total. The Morgan fingerprint density at radius 2 is 1.74 bits per heavy atom. The number of halogens is 3. The summed E-state index contributed by atoms with van der Waals surface area (Å²) in [5.41, 5.74) is 0.369. The highest BCUT2D eigenvalue weighted by Gasteiger charge is 2.33. The number of ether oxygens (including phenoxy) is 1. The lowest BCUT2D eigenvalue weighted by atomic mass is 10.1. The van der Waals surface area contributed by atoms with Crippen LogP contribution in [0.4, 0.5) is 18.9 Å². The number of thioether (sulfide) groups is 1. The highest BCUT2D eigenvalue weighted by molar-refractivity contribution is 8.27. The van der Waals surface area contributed by atoms with E-state index in [0.29, 0.717) is 32.8 Å². The van der Waals surface area contributed by atoms with Crippen molar-refractivity contribution in [3.05, 3.63) is 64.6 Å².